The smallest absolute Gasteiger partial charge is 0.233 e. The largest absolute Gasteiger partial charge is 0.497 e. The molecule has 0 aliphatic rings. The van der Waals surface area contributed by atoms with Gasteiger partial charge in [-0.05, 0) is 37.6 Å². The molecule has 102 valence electrons. The quantitative estimate of drug-likeness (QED) is 0.738. The molecule has 1 aromatic rings. The van der Waals surface area contributed by atoms with Crippen molar-refractivity contribution in [3.63, 3.8) is 0 Å². The molecule has 4 nitrogen and oxygen atoms in total. The Morgan fingerprint density at radius 1 is 1.39 bits per heavy atom. The van der Waals surface area contributed by atoms with Crippen LogP contribution in [0.5, 0.6) is 5.75 Å². The van der Waals surface area contributed by atoms with E-state index in [1.165, 1.54) is 5.56 Å². The molecule has 1 aromatic carbocycles. The Bertz CT molecular complexity index is 359. The van der Waals surface area contributed by atoms with Crippen LogP contribution < -0.4 is 15.4 Å². The number of nitrogens with one attached hydrogen (secondary N) is 2. The summed E-state index contributed by atoms with van der Waals surface area (Å²) in [6, 6.07) is 8.00. The summed E-state index contributed by atoms with van der Waals surface area (Å²) in [4.78, 5) is 11.2. The van der Waals surface area contributed by atoms with Gasteiger partial charge in [0, 0.05) is 6.54 Å². The second-order valence-electron chi connectivity index (χ2n) is 3.84. The normalized spacial score (nSPS) is 9.44. The van der Waals surface area contributed by atoms with Crippen LogP contribution in [0.2, 0.25) is 0 Å². The highest BCUT2D eigenvalue weighted by Crippen LogP contribution is 2.13. The molecule has 0 aliphatic heterocycles. The van der Waals surface area contributed by atoms with Crippen LogP contribution in [0.3, 0.4) is 0 Å². The molecule has 5 heteroatoms. The number of likely N-dealkylation sites (N-methyl/N-ethyl adjacent to an activating group) is 1. The zero-order valence-corrected chi connectivity index (χ0v) is 11.7. The van der Waals surface area contributed by atoms with Crippen LogP contribution in [0.25, 0.3) is 0 Å². The van der Waals surface area contributed by atoms with Gasteiger partial charge in [0.15, 0.2) is 0 Å². The van der Waals surface area contributed by atoms with Crippen molar-refractivity contribution < 1.29 is 9.53 Å². The van der Waals surface area contributed by atoms with Gasteiger partial charge in [-0.2, -0.15) is 0 Å². The fraction of sp³-hybridized carbons (Fsp3) is 0.462. The first kappa shape index (κ1) is 16.7. The molecule has 2 N–H and O–H groups in total. The monoisotopic (exact) mass is 272 g/mol. The first-order chi connectivity index (χ1) is 8.26. The maximum Gasteiger partial charge on any atom is 0.233 e. The van der Waals surface area contributed by atoms with Gasteiger partial charge in [-0.1, -0.05) is 12.1 Å². The highest BCUT2D eigenvalue weighted by atomic mass is 35.5. The van der Waals surface area contributed by atoms with Crippen molar-refractivity contribution >= 4 is 18.3 Å². The third-order valence-electron chi connectivity index (χ3n) is 2.44. The number of carbonyl (C=O) groups excluding carboxylic acids is 1. The Kier molecular flexibility index (Phi) is 9.06. The van der Waals surface area contributed by atoms with Crippen molar-refractivity contribution in [1.29, 1.82) is 0 Å². The number of ether oxygens (including phenoxy) is 1. The van der Waals surface area contributed by atoms with E-state index in [0.29, 0.717) is 13.1 Å². The van der Waals surface area contributed by atoms with Crippen LogP contribution in [0.4, 0.5) is 0 Å². The Hall–Kier alpha value is -1.26. The summed E-state index contributed by atoms with van der Waals surface area (Å²) < 4.78 is 5.15. The van der Waals surface area contributed by atoms with Gasteiger partial charge in [0.2, 0.25) is 5.91 Å². The summed E-state index contributed by atoms with van der Waals surface area (Å²) in [6.07, 6.45) is 1.87. The van der Waals surface area contributed by atoms with Crippen molar-refractivity contribution in [2.24, 2.45) is 0 Å². The molecule has 0 saturated carbocycles. The van der Waals surface area contributed by atoms with Gasteiger partial charge in [0.25, 0.3) is 0 Å². The minimum Gasteiger partial charge on any atom is -0.497 e. The lowest BCUT2D eigenvalue weighted by atomic mass is 10.1. The van der Waals surface area contributed by atoms with E-state index in [1.807, 2.05) is 18.2 Å². The van der Waals surface area contributed by atoms with Crippen molar-refractivity contribution in [2.45, 2.75) is 12.8 Å². The summed E-state index contributed by atoms with van der Waals surface area (Å²) in [6.45, 7) is 1.08. The van der Waals surface area contributed by atoms with Crippen molar-refractivity contribution in [2.75, 3.05) is 27.2 Å². The second-order valence-corrected chi connectivity index (χ2v) is 3.84. The summed E-state index contributed by atoms with van der Waals surface area (Å²) in [5, 5.41) is 5.66. The Labute approximate surface area is 115 Å². The topological polar surface area (TPSA) is 50.4 Å². The number of halogens is 1. The van der Waals surface area contributed by atoms with Crippen LogP contribution in [-0.4, -0.2) is 33.2 Å². The number of aryl methyl sites for hydroxylation is 1. The first-order valence-corrected chi connectivity index (χ1v) is 5.80. The molecule has 0 saturated heterocycles. The molecule has 18 heavy (non-hydrogen) atoms. The standard InChI is InChI=1S/C13H20N2O2.ClH/c1-14-10-13(16)15-8-4-6-11-5-3-7-12(9-11)17-2;/h3,5,7,9,14H,4,6,8,10H2,1-2H3,(H,15,16);1H. The maximum atomic E-state index is 11.2. The summed E-state index contributed by atoms with van der Waals surface area (Å²) >= 11 is 0. The zero-order valence-electron chi connectivity index (χ0n) is 10.9. The number of hydrogen-bond donors (Lipinski definition) is 2. The summed E-state index contributed by atoms with van der Waals surface area (Å²) in [7, 11) is 3.42. The molecule has 0 spiro atoms. The number of rotatable bonds is 7. The van der Waals surface area contributed by atoms with Gasteiger partial charge in [0.05, 0.1) is 13.7 Å². The Morgan fingerprint density at radius 3 is 2.83 bits per heavy atom. The molecular weight excluding hydrogens is 252 g/mol. The number of methoxy groups -OCH3 is 1. The molecular formula is C13H21ClN2O2. The average Bonchev–Trinajstić information content (AvgIpc) is 2.35. The highest BCUT2D eigenvalue weighted by Gasteiger charge is 1.99. The number of benzene rings is 1. The van der Waals surface area contributed by atoms with E-state index in [1.54, 1.807) is 14.2 Å². The first-order valence-electron chi connectivity index (χ1n) is 5.80. The highest BCUT2D eigenvalue weighted by molar-refractivity contribution is 5.85. The average molecular weight is 273 g/mol. The lowest BCUT2D eigenvalue weighted by Gasteiger charge is -2.06. The van der Waals surface area contributed by atoms with Gasteiger partial charge in [-0.25, -0.2) is 0 Å². The van der Waals surface area contributed by atoms with E-state index in [2.05, 4.69) is 16.7 Å². The molecule has 0 aliphatic carbocycles. The number of hydrogen-bond acceptors (Lipinski definition) is 3. The molecule has 0 heterocycles. The third kappa shape index (κ3) is 6.47. The van der Waals surface area contributed by atoms with Crippen LogP contribution in [-0.2, 0) is 11.2 Å². The molecule has 0 aromatic heterocycles. The SMILES string of the molecule is CNCC(=O)NCCCc1cccc(OC)c1.Cl. The van der Waals surface area contributed by atoms with Crippen LogP contribution in [0.1, 0.15) is 12.0 Å². The van der Waals surface area contributed by atoms with Gasteiger partial charge < -0.3 is 15.4 Å². The molecule has 0 unspecified atom stereocenters. The molecule has 0 bridgehead atoms. The summed E-state index contributed by atoms with van der Waals surface area (Å²) in [5.74, 6) is 0.917. The van der Waals surface area contributed by atoms with Gasteiger partial charge in [0.1, 0.15) is 5.75 Å². The minimum absolute atomic E-state index is 0. The lowest BCUT2D eigenvalue weighted by Crippen LogP contribution is -2.32. The number of amides is 1. The lowest BCUT2D eigenvalue weighted by molar-refractivity contribution is -0.120. The van der Waals surface area contributed by atoms with Gasteiger partial charge in [-0.15, -0.1) is 12.4 Å². The molecule has 0 radical (unpaired) electrons. The van der Waals surface area contributed by atoms with E-state index < -0.39 is 0 Å². The maximum absolute atomic E-state index is 11.2. The predicted octanol–water partition coefficient (Wildman–Crippen LogP) is 1.39. The Balaban J connectivity index is 0.00000289. The Morgan fingerprint density at radius 2 is 2.17 bits per heavy atom. The van der Waals surface area contributed by atoms with Crippen molar-refractivity contribution in [1.82, 2.24) is 10.6 Å². The number of carbonyl (C=O) groups is 1. The summed E-state index contributed by atoms with van der Waals surface area (Å²) in [5.41, 5.74) is 1.23. The van der Waals surface area contributed by atoms with Crippen LogP contribution in [0.15, 0.2) is 24.3 Å². The molecule has 1 rings (SSSR count). The predicted molar refractivity (Wildman–Crippen MR) is 75.5 cm³/mol. The van der Waals surface area contributed by atoms with Crippen LogP contribution in [0, 0.1) is 0 Å². The molecule has 1 amide bonds. The fourth-order valence-electron chi connectivity index (χ4n) is 1.57. The minimum atomic E-state index is 0. The van der Waals surface area contributed by atoms with Crippen molar-refractivity contribution in [3.8, 4) is 5.75 Å². The molecule has 0 atom stereocenters. The van der Waals surface area contributed by atoms with E-state index in [0.717, 1.165) is 18.6 Å². The third-order valence-corrected chi connectivity index (χ3v) is 2.44. The van der Waals surface area contributed by atoms with Crippen molar-refractivity contribution in [3.05, 3.63) is 29.8 Å². The second kappa shape index (κ2) is 9.74. The zero-order chi connectivity index (χ0) is 12.5. The van der Waals surface area contributed by atoms with E-state index >= 15 is 0 Å². The molecule has 0 fully saturated rings. The van der Waals surface area contributed by atoms with E-state index in [9.17, 15) is 4.79 Å². The van der Waals surface area contributed by atoms with Gasteiger partial charge >= 0.3 is 0 Å². The van der Waals surface area contributed by atoms with E-state index in [4.69, 9.17) is 4.74 Å². The fourth-order valence-corrected chi connectivity index (χ4v) is 1.57. The van der Waals surface area contributed by atoms with Gasteiger partial charge in [-0.3, -0.25) is 4.79 Å². The van der Waals surface area contributed by atoms with Crippen LogP contribution >= 0.6 is 12.4 Å². The van der Waals surface area contributed by atoms with E-state index in [-0.39, 0.29) is 18.3 Å².